The van der Waals surface area contributed by atoms with Crippen LogP contribution in [0.15, 0.2) is 12.4 Å². The molecule has 5 heteroatoms. The molecule has 1 atom stereocenters. The first-order chi connectivity index (χ1) is 7.74. The van der Waals surface area contributed by atoms with E-state index < -0.39 is 0 Å². The fourth-order valence-electron chi connectivity index (χ4n) is 2.08. The Morgan fingerprint density at radius 2 is 2.12 bits per heavy atom. The Bertz CT molecular complexity index is 370. The first kappa shape index (κ1) is 10.9. The molecule has 0 aromatic carbocycles. The summed E-state index contributed by atoms with van der Waals surface area (Å²) in [5.74, 6) is 0.519. The summed E-state index contributed by atoms with van der Waals surface area (Å²) in [4.78, 5) is 32.0. The number of H-pyrrole nitrogens is 1. The molecule has 0 bridgehead atoms. The van der Waals surface area contributed by atoms with Gasteiger partial charge in [-0.05, 0) is 12.8 Å². The number of rotatable bonds is 3. The SMILES string of the molecule is CCC(c1ncc[nH]1)N1C(=O)CCCC1=O. The quantitative estimate of drug-likeness (QED) is 0.784. The van der Waals surface area contributed by atoms with Crippen molar-refractivity contribution in [3.8, 4) is 0 Å². The molecule has 86 valence electrons. The van der Waals surface area contributed by atoms with Gasteiger partial charge in [0.15, 0.2) is 0 Å². The third-order valence-corrected chi connectivity index (χ3v) is 2.85. The number of likely N-dealkylation sites (tertiary alicyclic amines) is 1. The van der Waals surface area contributed by atoms with Crippen molar-refractivity contribution in [1.82, 2.24) is 14.9 Å². The lowest BCUT2D eigenvalue weighted by atomic mass is 10.0. The standard InChI is InChI=1S/C11H15N3O2/c1-2-8(11-12-6-7-13-11)14-9(15)4-3-5-10(14)16/h6-8H,2-5H2,1H3,(H,12,13). The van der Waals surface area contributed by atoms with E-state index in [2.05, 4.69) is 9.97 Å². The average Bonchev–Trinajstić information content (AvgIpc) is 2.77. The van der Waals surface area contributed by atoms with E-state index in [-0.39, 0.29) is 17.9 Å². The van der Waals surface area contributed by atoms with Crippen molar-refractivity contribution in [2.45, 2.75) is 38.6 Å². The molecule has 1 fully saturated rings. The van der Waals surface area contributed by atoms with Gasteiger partial charge in [-0.3, -0.25) is 14.5 Å². The number of aromatic nitrogens is 2. The van der Waals surface area contributed by atoms with Crippen molar-refractivity contribution in [3.63, 3.8) is 0 Å². The van der Waals surface area contributed by atoms with Crippen molar-refractivity contribution >= 4 is 11.8 Å². The number of carbonyl (C=O) groups excluding carboxylic acids is 2. The Kier molecular flexibility index (Phi) is 3.03. The number of aromatic amines is 1. The lowest BCUT2D eigenvalue weighted by Gasteiger charge is -2.31. The van der Waals surface area contributed by atoms with Gasteiger partial charge in [0.2, 0.25) is 11.8 Å². The minimum absolute atomic E-state index is 0.0838. The van der Waals surface area contributed by atoms with E-state index in [0.717, 1.165) is 0 Å². The third kappa shape index (κ3) is 1.85. The molecule has 0 saturated carbocycles. The minimum atomic E-state index is -0.240. The average molecular weight is 221 g/mol. The van der Waals surface area contributed by atoms with E-state index in [0.29, 0.717) is 31.5 Å². The highest BCUT2D eigenvalue weighted by atomic mass is 16.2. The number of hydrogen-bond acceptors (Lipinski definition) is 3. The second-order valence-corrected chi connectivity index (χ2v) is 3.91. The molecule has 1 aromatic rings. The van der Waals surface area contributed by atoms with Crippen LogP contribution in [0.1, 0.15) is 44.5 Å². The summed E-state index contributed by atoms with van der Waals surface area (Å²) in [6, 6.07) is -0.240. The van der Waals surface area contributed by atoms with Crippen molar-refractivity contribution in [3.05, 3.63) is 18.2 Å². The number of imidazole rings is 1. The van der Waals surface area contributed by atoms with Crippen LogP contribution in [0.2, 0.25) is 0 Å². The van der Waals surface area contributed by atoms with Gasteiger partial charge in [0, 0.05) is 25.2 Å². The third-order valence-electron chi connectivity index (χ3n) is 2.85. The highest BCUT2D eigenvalue weighted by Gasteiger charge is 2.33. The van der Waals surface area contributed by atoms with Crippen LogP contribution in [0.4, 0.5) is 0 Å². The number of hydrogen-bond donors (Lipinski definition) is 1. The Morgan fingerprint density at radius 1 is 1.44 bits per heavy atom. The minimum Gasteiger partial charge on any atom is -0.347 e. The number of carbonyl (C=O) groups is 2. The maximum atomic E-state index is 11.8. The fourth-order valence-corrected chi connectivity index (χ4v) is 2.08. The summed E-state index contributed by atoms with van der Waals surface area (Å²) in [6.07, 6.45) is 5.62. The maximum absolute atomic E-state index is 11.8. The molecule has 2 rings (SSSR count). The number of nitrogens with zero attached hydrogens (tertiary/aromatic N) is 2. The number of piperidine rings is 1. The first-order valence-corrected chi connectivity index (χ1v) is 5.58. The van der Waals surface area contributed by atoms with Gasteiger partial charge in [-0.25, -0.2) is 4.98 Å². The largest absolute Gasteiger partial charge is 0.347 e. The second kappa shape index (κ2) is 4.47. The zero-order valence-corrected chi connectivity index (χ0v) is 9.27. The molecule has 1 N–H and O–H groups in total. The zero-order chi connectivity index (χ0) is 11.5. The lowest BCUT2D eigenvalue weighted by molar-refractivity contribution is -0.151. The van der Waals surface area contributed by atoms with E-state index >= 15 is 0 Å². The Labute approximate surface area is 93.9 Å². The van der Waals surface area contributed by atoms with Gasteiger partial charge in [0.05, 0.1) is 6.04 Å². The lowest BCUT2D eigenvalue weighted by Crippen LogP contribution is -2.42. The number of nitrogens with one attached hydrogen (secondary N) is 1. The summed E-state index contributed by atoms with van der Waals surface area (Å²) in [5.41, 5.74) is 0. The molecule has 0 spiro atoms. The van der Waals surface area contributed by atoms with Crippen LogP contribution in [-0.2, 0) is 9.59 Å². The van der Waals surface area contributed by atoms with Crippen molar-refractivity contribution in [2.24, 2.45) is 0 Å². The molecule has 5 nitrogen and oxygen atoms in total. The summed E-state index contributed by atoms with van der Waals surface area (Å²) in [6.45, 7) is 1.95. The molecule has 16 heavy (non-hydrogen) atoms. The molecule has 0 radical (unpaired) electrons. The van der Waals surface area contributed by atoms with E-state index in [9.17, 15) is 9.59 Å². The highest BCUT2D eigenvalue weighted by Crippen LogP contribution is 2.26. The van der Waals surface area contributed by atoms with Crippen LogP contribution in [0, 0.1) is 0 Å². The Hall–Kier alpha value is -1.65. The molecule has 1 unspecified atom stereocenters. The molecule has 1 aromatic heterocycles. The van der Waals surface area contributed by atoms with E-state index in [4.69, 9.17) is 0 Å². The van der Waals surface area contributed by atoms with Crippen molar-refractivity contribution < 1.29 is 9.59 Å². The van der Waals surface area contributed by atoms with Gasteiger partial charge in [-0.1, -0.05) is 6.92 Å². The van der Waals surface area contributed by atoms with E-state index in [1.165, 1.54) is 4.90 Å². The van der Waals surface area contributed by atoms with Gasteiger partial charge in [0.25, 0.3) is 0 Å². The monoisotopic (exact) mass is 221 g/mol. The van der Waals surface area contributed by atoms with Crippen molar-refractivity contribution in [2.75, 3.05) is 0 Å². The molecular formula is C11H15N3O2. The highest BCUT2D eigenvalue weighted by molar-refractivity contribution is 5.97. The van der Waals surface area contributed by atoms with Gasteiger partial charge >= 0.3 is 0 Å². The summed E-state index contributed by atoms with van der Waals surface area (Å²) in [7, 11) is 0. The van der Waals surface area contributed by atoms with Crippen molar-refractivity contribution in [1.29, 1.82) is 0 Å². The van der Waals surface area contributed by atoms with Crippen LogP contribution in [0.5, 0.6) is 0 Å². The van der Waals surface area contributed by atoms with Gasteiger partial charge in [-0.2, -0.15) is 0 Å². The normalized spacial score (nSPS) is 18.9. The first-order valence-electron chi connectivity index (χ1n) is 5.58. The molecular weight excluding hydrogens is 206 g/mol. The fraction of sp³-hybridized carbons (Fsp3) is 0.545. The van der Waals surface area contributed by atoms with Crippen LogP contribution >= 0.6 is 0 Å². The predicted octanol–water partition coefficient (Wildman–Crippen LogP) is 1.40. The summed E-state index contributed by atoms with van der Waals surface area (Å²) >= 11 is 0. The topological polar surface area (TPSA) is 66.1 Å². The summed E-state index contributed by atoms with van der Waals surface area (Å²) < 4.78 is 0. The maximum Gasteiger partial charge on any atom is 0.229 e. The molecule has 1 aliphatic rings. The zero-order valence-electron chi connectivity index (χ0n) is 9.27. The van der Waals surface area contributed by atoms with E-state index in [1.54, 1.807) is 12.4 Å². The van der Waals surface area contributed by atoms with Gasteiger partial charge in [-0.15, -0.1) is 0 Å². The molecule has 1 saturated heterocycles. The predicted molar refractivity (Wildman–Crippen MR) is 57.3 cm³/mol. The number of imide groups is 1. The molecule has 0 aliphatic carbocycles. The number of amides is 2. The second-order valence-electron chi connectivity index (χ2n) is 3.91. The molecule has 2 heterocycles. The van der Waals surface area contributed by atoms with Crippen LogP contribution in [-0.4, -0.2) is 26.7 Å². The van der Waals surface area contributed by atoms with Crippen LogP contribution in [0.25, 0.3) is 0 Å². The van der Waals surface area contributed by atoms with Gasteiger partial charge < -0.3 is 4.98 Å². The van der Waals surface area contributed by atoms with Gasteiger partial charge in [0.1, 0.15) is 5.82 Å². The van der Waals surface area contributed by atoms with Crippen LogP contribution in [0.3, 0.4) is 0 Å². The Morgan fingerprint density at radius 3 is 2.62 bits per heavy atom. The van der Waals surface area contributed by atoms with Crippen LogP contribution < -0.4 is 0 Å². The van der Waals surface area contributed by atoms with E-state index in [1.807, 2.05) is 6.92 Å². The molecule has 2 amide bonds. The smallest absolute Gasteiger partial charge is 0.229 e. The molecule has 1 aliphatic heterocycles. The summed E-state index contributed by atoms with van der Waals surface area (Å²) in [5, 5.41) is 0. The Balaban J connectivity index is 2.26.